The Balaban J connectivity index is 1.94. The molecule has 0 saturated heterocycles. The third-order valence-corrected chi connectivity index (χ3v) is 4.07. The van der Waals surface area contributed by atoms with E-state index >= 15 is 0 Å². The lowest BCUT2D eigenvalue weighted by Crippen LogP contribution is -2.15. The van der Waals surface area contributed by atoms with Crippen LogP contribution >= 0.6 is 11.3 Å². The van der Waals surface area contributed by atoms with Crippen molar-refractivity contribution in [2.75, 3.05) is 19.8 Å². The molecule has 1 aromatic heterocycles. The first kappa shape index (κ1) is 13.9. The van der Waals surface area contributed by atoms with Crippen LogP contribution in [0.2, 0.25) is 0 Å². The normalized spacial score (nSPS) is 13.0. The highest BCUT2D eigenvalue weighted by Gasteiger charge is 2.19. The Labute approximate surface area is 126 Å². The number of aromatic nitrogens is 1. The molecule has 5 nitrogen and oxygen atoms in total. The summed E-state index contributed by atoms with van der Waals surface area (Å²) in [6.45, 7) is 5.10. The van der Waals surface area contributed by atoms with E-state index in [0.29, 0.717) is 31.3 Å². The number of rotatable bonds is 3. The summed E-state index contributed by atoms with van der Waals surface area (Å²) in [5, 5.41) is 0.771. The van der Waals surface area contributed by atoms with Crippen LogP contribution < -0.4 is 9.47 Å². The number of hydrogen-bond acceptors (Lipinski definition) is 6. The zero-order chi connectivity index (χ0) is 14.8. The second kappa shape index (κ2) is 5.73. The van der Waals surface area contributed by atoms with E-state index in [-0.39, 0.29) is 5.97 Å². The van der Waals surface area contributed by atoms with Crippen LogP contribution in [0.1, 0.15) is 22.3 Å². The number of esters is 1. The van der Waals surface area contributed by atoms with Gasteiger partial charge >= 0.3 is 5.97 Å². The average Bonchev–Trinajstić information content (AvgIpc) is 2.89. The highest BCUT2D eigenvalue weighted by atomic mass is 32.1. The van der Waals surface area contributed by atoms with Crippen LogP contribution in [-0.2, 0) is 4.74 Å². The molecule has 0 amide bonds. The minimum Gasteiger partial charge on any atom is -0.486 e. The van der Waals surface area contributed by atoms with Crippen molar-refractivity contribution in [3.63, 3.8) is 0 Å². The molecule has 0 aliphatic carbocycles. The Morgan fingerprint density at radius 2 is 2.10 bits per heavy atom. The Morgan fingerprint density at radius 1 is 1.33 bits per heavy atom. The van der Waals surface area contributed by atoms with Crippen LogP contribution in [0, 0.1) is 6.92 Å². The van der Waals surface area contributed by atoms with E-state index in [4.69, 9.17) is 14.2 Å². The second-order valence-electron chi connectivity index (χ2n) is 4.50. The lowest BCUT2D eigenvalue weighted by Gasteiger charge is -2.18. The van der Waals surface area contributed by atoms with E-state index < -0.39 is 0 Å². The number of thiazole rings is 1. The molecule has 6 heteroatoms. The van der Waals surface area contributed by atoms with Crippen LogP contribution in [0.3, 0.4) is 0 Å². The molecule has 1 aliphatic rings. The third kappa shape index (κ3) is 2.71. The number of carbonyl (C=O) groups excluding carboxylic acids is 1. The van der Waals surface area contributed by atoms with Crippen molar-refractivity contribution in [3.05, 3.63) is 28.8 Å². The monoisotopic (exact) mass is 305 g/mol. The fraction of sp³-hybridized carbons (Fsp3) is 0.333. The number of carbonyl (C=O) groups is 1. The Bertz CT molecular complexity index is 680. The fourth-order valence-corrected chi connectivity index (χ4v) is 2.98. The quantitative estimate of drug-likeness (QED) is 0.816. The number of fused-ring (bicyclic) bond motifs is 1. The Kier molecular flexibility index (Phi) is 3.79. The summed E-state index contributed by atoms with van der Waals surface area (Å²) in [5.74, 6) is 1.07. The van der Waals surface area contributed by atoms with Gasteiger partial charge in [-0.25, -0.2) is 9.78 Å². The van der Waals surface area contributed by atoms with Gasteiger partial charge in [-0.2, -0.15) is 0 Å². The van der Waals surface area contributed by atoms with E-state index in [0.717, 1.165) is 21.2 Å². The minimum atomic E-state index is -0.380. The van der Waals surface area contributed by atoms with E-state index in [1.807, 2.05) is 25.1 Å². The number of ether oxygens (including phenoxy) is 3. The first-order valence-corrected chi connectivity index (χ1v) is 7.55. The predicted molar refractivity (Wildman–Crippen MR) is 79.2 cm³/mol. The number of benzene rings is 1. The zero-order valence-electron chi connectivity index (χ0n) is 11.8. The molecule has 1 aliphatic heterocycles. The zero-order valence-corrected chi connectivity index (χ0v) is 12.7. The van der Waals surface area contributed by atoms with Crippen LogP contribution in [-0.4, -0.2) is 30.8 Å². The molecule has 3 rings (SSSR count). The standard InChI is InChI=1S/C15H15NO4S/c1-3-18-15(17)13-9(2)21-14(16-13)10-4-5-11-12(8-10)20-7-6-19-11/h4-5,8H,3,6-7H2,1-2H3. The summed E-state index contributed by atoms with van der Waals surface area (Å²) >= 11 is 1.46. The molecule has 2 aromatic rings. The predicted octanol–water partition coefficient (Wildman–Crippen LogP) is 3.07. The van der Waals surface area contributed by atoms with Gasteiger partial charge < -0.3 is 14.2 Å². The minimum absolute atomic E-state index is 0.342. The summed E-state index contributed by atoms with van der Waals surface area (Å²) in [6.07, 6.45) is 0. The molecule has 110 valence electrons. The van der Waals surface area contributed by atoms with Crippen molar-refractivity contribution in [2.45, 2.75) is 13.8 Å². The Hall–Kier alpha value is -2.08. The van der Waals surface area contributed by atoms with Gasteiger partial charge in [-0.15, -0.1) is 11.3 Å². The van der Waals surface area contributed by atoms with Gasteiger partial charge in [0.15, 0.2) is 17.2 Å². The summed E-state index contributed by atoms with van der Waals surface area (Å²) < 4.78 is 16.1. The summed E-state index contributed by atoms with van der Waals surface area (Å²) in [7, 11) is 0. The maximum absolute atomic E-state index is 11.8. The van der Waals surface area contributed by atoms with E-state index in [9.17, 15) is 4.79 Å². The molecule has 1 aromatic carbocycles. The van der Waals surface area contributed by atoms with Gasteiger partial charge in [-0.05, 0) is 32.0 Å². The van der Waals surface area contributed by atoms with Crippen LogP contribution in [0.15, 0.2) is 18.2 Å². The van der Waals surface area contributed by atoms with Gasteiger partial charge in [0.25, 0.3) is 0 Å². The second-order valence-corrected chi connectivity index (χ2v) is 5.71. The molecule has 0 spiro atoms. The smallest absolute Gasteiger partial charge is 0.358 e. The van der Waals surface area contributed by atoms with Gasteiger partial charge in [0, 0.05) is 10.4 Å². The SMILES string of the molecule is CCOC(=O)c1nc(-c2ccc3c(c2)OCCO3)sc1C. The van der Waals surface area contributed by atoms with Crippen LogP contribution in [0.5, 0.6) is 11.5 Å². The summed E-state index contributed by atoms with van der Waals surface area (Å²) in [5.41, 5.74) is 1.29. The molecule has 0 N–H and O–H groups in total. The fourth-order valence-electron chi connectivity index (χ4n) is 2.09. The van der Waals surface area contributed by atoms with Crippen molar-refractivity contribution in [1.29, 1.82) is 0 Å². The molecule has 0 atom stereocenters. The highest BCUT2D eigenvalue weighted by molar-refractivity contribution is 7.15. The molecular weight excluding hydrogens is 290 g/mol. The van der Waals surface area contributed by atoms with Crippen LogP contribution in [0.25, 0.3) is 10.6 Å². The van der Waals surface area contributed by atoms with Crippen molar-refractivity contribution >= 4 is 17.3 Å². The van der Waals surface area contributed by atoms with E-state index in [1.54, 1.807) is 6.92 Å². The topological polar surface area (TPSA) is 57.7 Å². The van der Waals surface area contributed by atoms with E-state index in [1.165, 1.54) is 11.3 Å². The van der Waals surface area contributed by atoms with Crippen molar-refractivity contribution in [2.24, 2.45) is 0 Å². The Morgan fingerprint density at radius 3 is 2.86 bits per heavy atom. The molecule has 2 heterocycles. The van der Waals surface area contributed by atoms with Crippen molar-refractivity contribution in [3.8, 4) is 22.1 Å². The third-order valence-electron chi connectivity index (χ3n) is 3.05. The number of nitrogens with zero attached hydrogens (tertiary/aromatic N) is 1. The number of hydrogen-bond donors (Lipinski definition) is 0. The first-order valence-electron chi connectivity index (χ1n) is 6.73. The van der Waals surface area contributed by atoms with Crippen molar-refractivity contribution in [1.82, 2.24) is 4.98 Å². The lowest BCUT2D eigenvalue weighted by molar-refractivity contribution is 0.0519. The molecule has 0 bridgehead atoms. The summed E-state index contributed by atoms with van der Waals surface area (Å²) in [4.78, 5) is 17.1. The molecule has 0 saturated carbocycles. The average molecular weight is 305 g/mol. The maximum Gasteiger partial charge on any atom is 0.358 e. The summed E-state index contributed by atoms with van der Waals surface area (Å²) in [6, 6.07) is 5.67. The molecular formula is C15H15NO4S. The highest BCUT2D eigenvalue weighted by Crippen LogP contribution is 2.36. The lowest BCUT2D eigenvalue weighted by atomic mass is 10.2. The van der Waals surface area contributed by atoms with Crippen molar-refractivity contribution < 1.29 is 19.0 Å². The first-order chi connectivity index (χ1) is 10.2. The maximum atomic E-state index is 11.8. The molecule has 0 fully saturated rings. The molecule has 0 radical (unpaired) electrons. The van der Waals surface area contributed by atoms with Gasteiger partial charge in [0.1, 0.15) is 18.2 Å². The molecule has 21 heavy (non-hydrogen) atoms. The molecule has 0 unspecified atom stereocenters. The largest absolute Gasteiger partial charge is 0.486 e. The van der Waals surface area contributed by atoms with Gasteiger partial charge in [-0.1, -0.05) is 0 Å². The van der Waals surface area contributed by atoms with Gasteiger partial charge in [-0.3, -0.25) is 0 Å². The van der Waals surface area contributed by atoms with Gasteiger partial charge in [0.05, 0.1) is 6.61 Å². The number of aryl methyl sites for hydroxylation is 1. The van der Waals surface area contributed by atoms with Crippen LogP contribution in [0.4, 0.5) is 0 Å². The van der Waals surface area contributed by atoms with Gasteiger partial charge in [0.2, 0.25) is 0 Å². The van der Waals surface area contributed by atoms with E-state index in [2.05, 4.69) is 4.98 Å².